The van der Waals surface area contributed by atoms with Crippen molar-refractivity contribution in [3.05, 3.63) is 59.4 Å². The van der Waals surface area contributed by atoms with Crippen molar-refractivity contribution in [2.45, 2.75) is 39.3 Å². The van der Waals surface area contributed by atoms with Gasteiger partial charge < -0.3 is 10.4 Å². The van der Waals surface area contributed by atoms with E-state index in [0.717, 1.165) is 19.4 Å². The number of phenolic OH excluding ortho intramolecular Hbond substituents is 1. The molecule has 1 aromatic carbocycles. The lowest BCUT2D eigenvalue weighted by Crippen LogP contribution is -2.26. The topological polar surface area (TPSA) is 45.2 Å². The molecule has 3 nitrogen and oxygen atoms in total. The summed E-state index contributed by atoms with van der Waals surface area (Å²) in [4.78, 5) is 4.11. The van der Waals surface area contributed by atoms with Gasteiger partial charge in [0.2, 0.25) is 0 Å². The van der Waals surface area contributed by atoms with Gasteiger partial charge in [0, 0.05) is 25.0 Å². The summed E-state index contributed by atoms with van der Waals surface area (Å²) in [5, 5.41) is 12.8. The van der Waals surface area contributed by atoms with Crippen molar-refractivity contribution in [3.8, 4) is 5.75 Å². The van der Waals surface area contributed by atoms with Crippen molar-refractivity contribution in [1.29, 1.82) is 0 Å². The quantitative estimate of drug-likeness (QED) is 0.847. The third-order valence-electron chi connectivity index (χ3n) is 3.58. The lowest BCUT2D eigenvalue weighted by Gasteiger charge is -2.14. The molecular weight excluding hydrogens is 248 g/mol. The van der Waals surface area contributed by atoms with E-state index in [1.807, 2.05) is 24.5 Å². The molecule has 20 heavy (non-hydrogen) atoms. The summed E-state index contributed by atoms with van der Waals surface area (Å²) in [5.41, 5.74) is 3.79. The second-order valence-corrected chi connectivity index (χ2v) is 5.29. The van der Waals surface area contributed by atoms with Crippen LogP contribution >= 0.6 is 0 Å². The number of phenols is 1. The van der Waals surface area contributed by atoms with Crippen molar-refractivity contribution >= 4 is 0 Å². The summed E-state index contributed by atoms with van der Waals surface area (Å²) < 4.78 is 0. The maximum absolute atomic E-state index is 9.25. The lowest BCUT2D eigenvalue weighted by molar-refractivity contribution is 0.474. The Balaban J connectivity index is 1.77. The number of hydrogen-bond donors (Lipinski definition) is 2. The van der Waals surface area contributed by atoms with Gasteiger partial charge in [-0.05, 0) is 61.6 Å². The second kappa shape index (κ2) is 7.06. The number of aryl methyl sites for hydroxylation is 2. The number of rotatable bonds is 6. The SMILES string of the molecule is Cc1cnccc1CNC(C)CCc1ccc(O)cc1. The van der Waals surface area contributed by atoms with E-state index in [4.69, 9.17) is 0 Å². The van der Waals surface area contributed by atoms with E-state index < -0.39 is 0 Å². The van der Waals surface area contributed by atoms with Gasteiger partial charge in [0.15, 0.2) is 0 Å². The van der Waals surface area contributed by atoms with Crippen molar-refractivity contribution in [1.82, 2.24) is 10.3 Å². The van der Waals surface area contributed by atoms with Crippen LogP contribution in [0.1, 0.15) is 30.0 Å². The number of nitrogens with one attached hydrogen (secondary N) is 1. The molecule has 0 aliphatic heterocycles. The molecule has 0 aliphatic carbocycles. The lowest BCUT2D eigenvalue weighted by atomic mass is 10.1. The van der Waals surface area contributed by atoms with Crippen molar-refractivity contribution in [3.63, 3.8) is 0 Å². The van der Waals surface area contributed by atoms with Gasteiger partial charge in [-0.15, -0.1) is 0 Å². The summed E-state index contributed by atoms with van der Waals surface area (Å²) in [6.07, 6.45) is 5.84. The Morgan fingerprint density at radius 3 is 2.65 bits per heavy atom. The zero-order valence-electron chi connectivity index (χ0n) is 12.1. The standard InChI is InChI=1S/C17H22N2O/c1-13-11-18-10-9-16(13)12-19-14(2)3-4-15-5-7-17(20)8-6-15/h5-11,14,19-20H,3-4,12H2,1-2H3. The van der Waals surface area contributed by atoms with E-state index in [1.165, 1.54) is 16.7 Å². The molecule has 3 heteroatoms. The first kappa shape index (κ1) is 14.5. The predicted molar refractivity (Wildman–Crippen MR) is 81.7 cm³/mol. The molecule has 0 radical (unpaired) electrons. The Morgan fingerprint density at radius 2 is 1.95 bits per heavy atom. The van der Waals surface area contributed by atoms with Crippen molar-refractivity contribution in [2.75, 3.05) is 0 Å². The summed E-state index contributed by atoms with van der Waals surface area (Å²) in [6.45, 7) is 5.17. The van der Waals surface area contributed by atoms with Crippen molar-refractivity contribution < 1.29 is 5.11 Å². The number of aromatic hydroxyl groups is 1. The Bertz CT molecular complexity index is 537. The molecule has 1 heterocycles. The molecular formula is C17H22N2O. The summed E-state index contributed by atoms with van der Waals surface area (Å²) >= 11 is 0. The van der Waals surface area contributed by atoms with Crippen LogP contribution < -0.4 is 5.32 Å². The Hall–Kier alpha value is -1.87. The molecule has 2 rings (SSSR count). The van der Waals surface area contributed by atoms with Crippen LogP contribution in [0.2, 0.25) is 0 Å². The molecule has 0 aliphatic rings. The average molecular weight is 270 g/mol. The highest BCUT2D eigenvalue weighted by Gasteiger charge is 2.04. The highest BCUT2D eigenvalue weighted by Crippen LogP contribution is 2.12. The average Bonchev–Trinajstić information content (AvgIpc) is 2.46. The Morgan fingerprint density at radius 1 is 1.20 bits per heavy atom. The Labute approximate surface area is 120 Å². The molecule has 2 N–H and O–H groups in total. The highest BCUT2D eigenvalue weighted by molar-refractivity contribution is 5.26. The number of hydrogen-bond acceptors (Lipinski definition) is 3. The van der Waals surface area contributed by atoms with E-state index in [2.05, 4.69) is 30.2 Å². The van der Waals surface area contributed by atoms with Gasteiger partial charge >= 0.3 is 0 Å². The van der Waals surface area contributed by atoms with Gasteiger partial charge in [0.25, 0.3) is 0 Å². The van der Waals surface area contributed by atoms with Crippen molar-refractivity contribution in [2.24, 2.45) is 0 Å². The van der Waals surface area contributed by atoms with Gasteiger partial charge in [-0.2, -0.15) is 0 Å². The second-order valence-electron chi connectivity index (χ2n) is 5.29. The van der Waals surface area contributed by atoms with Crippen LogP contribution in [-0.4, -0.2) is 16.1 Å². The number of benzene rings is 1. The van der Waals surface area contributed by atoms with Gasteiger partial charge in [-0.25, -0.2) is 0 Å². The fourth-order valence-electron chi connectivity index (χ4n) is 2.13. The highest BCUT2D eigenvalue weighted by atomic mass is 16.3. The first-order chi connectivity index (χ1) is 9.65. The summed E-state index contributed by atoms with van der Waals surface area (Å²) in [6, 6.07) is 9.97. The van der Waals surface area contributed by atoms with Gasteiger partial charge in [-0.3, -0.25) is 4.98 Å². The minimum Gasteiger partial charge on any atom is -0.508 e. The van der Waals surface area contributed by atoms with Crippen LogP contribution in [0.5, 0.6) is 5.75 Å². The summed E-state index contributed by atoms with van der Waals surface area (Å²) in [7, 11) is 0. The monoisotopic (exact) mass is 270 g/mol. The van der Waals surface area contributed by atoms with Gasteiger partial charge in [0.1, 0.15) is 5.75 Å². The normalized spacial score (nSPS) is 12.3. The minimum atomic E-state index is 0.327. The van der Waals surface area contributed by atoms with Crippen LogP contribution in [0, 0.1) is 6.92 Å². The molecule has 0 saturated carbocycles. The van der Waals surface area contributed by atoms with Crippen LogP contribution in [0.25, 0.3) is 0 Å². The molecule has 1 aromatic heterocycles. The molecule has 1 atom stereocenters. The molecule has 106 valence electrons. The van der Waals surface area contributed by atoms with Crippen LogP contribution in [0.3, 0.4) is 0 Å². The number of nitrogens with zero attached hydrogens (tertiary/aromatic N) is 1. The van der Waals surface area contributed by atoms with Crippen LogP contribution in [0.15, 0.2) is 42.7 Å². The largest absolute Gasteiger partial charge is 0.508 e. The van der Waals surface area contributed by atoms with E-state index in [-0.39, 0.29) is 0 Å². The van der Waals surface area contributed by atoms with E-state index in [9.17, 15) is 5.11 Å². The van der Waals surface area contributed by atoms with E-state index in [1.54, 1.807) is 12.1 Å². The first-order valence-corrected chi connectivity index (χ1v) is 7.06. The van der Waals surface area contributed by atoms with E-state index in [0.29, 0.717) is 11.8 Å². The zero-order valence-corrected chi connectivity index (χ0v) is 12.1. The fraction of sp³-hybridized carbons (Fsp3) is 0.353. The zero-order chi connectivity index (χ0) is 14.4. The van der Waals surface area contributed by atoms with E-state index >= 15 is 0 Å². The molecule has 1 unspecified atom stereocenters. The smallest absolute Gasteiger partial charge is 0.115 e. The molecule has 0 fully saturated rings. The Kier molecular flexibility index (Phi) is 5.13. The minimum absolute atomic E-state index is 0.327. The van der Waals surface area contributed by atoms with Gasteiger partial charge in [0.05, 0.1) is 0 Å². The maximum atomic E-state index is 9.25. The van der Waals surface area contributed by atoms with Crippen LogP contribution in [0.4, 0.5) is 0 Å². The summed E-state index contributed by atoms with van der Waals surface area (Å²) in [5.74, 6) is 0.327. The maximum Gasteiger partial charge on any atom is 0.115 e. The third-order valence-corrected chi connectivity index (χ3v) is 3.58. The van der Waals surface area contributed by atoms with Gasteiger partial charge in [-0.1, -0.05) is 12.1 Å². The van der Waals surface area contributed by atoms with Crippen LogP contribution in [-0.2, 0) is 13.0 Å². The molecule has 2 aromatic rings. The molecule has 0 bridgehead atoms. The fourth-order valence-corrected chi connectivity index (χ4v) is 2.13. The number of aromatic nitrogens is 1. The third kappa shape index (κ3) is 4.35. The molecule has 0 amide bonds. The first-order valence-electron chi connectivity index (χ1n) is 7.06. The number of pyridine rings is 1. The predicted octanol–water partition coefficient (Wildman–Crippen LogP) is 3.21. The molecule has 0 spiro atoms. The molecule has 0 saturated heterocycles.